The molecule has 0 unspecified atom stereocenters. The third-order valence-corrected chi connectivity index (χ3v) is 3.06. The molecule has 1 rings (SSSR count). The molecule has 0 heterocycles. The Morgan fingerprint density at radius 3 is 2.62 bits per heavy atom. The Morgan fingerprint density at radius 2 is 2.00 bits per heavy atom. The van der Waals surface area contributed by atoms with E-state index >= 15 is 0 Å². The normalized spacial score (nSPS) is 10.5. The van der Waals surface area contributed by atoms with Crippen LogP contribution in [0.4, 0.5) is 0 Å². The van der Waals surface area contributed by atoms with Crippen molar-refractivity contribution in [1.82, 2.24) is 5.32 Å². The minimum Gasteiger partial charge on any atom is -0.493 e. The van der Waals surface area contributed by atoms with Crippen molar-refractivity contribution in [3.8, 4) is 11.5 Å². The topological polar surface area (TPSA) is 47.6 Å². The molecule has 1 amide bonds. The standard InChI is InChI=1S/C17H27NO3/c1-5-6-7-10-18-17(19)14-8-9-15(16(11-14)20-4)21-12-13(2)3/h8-9,11,13H,5-7,10,12H2,1-4H3,(H,18,19). The summed E-state index contributed by atoms with van der Waals surface area (Å²) in [6.45, 7) is 7.65. The number of ether oxygens (including phenoxy) is 2. The molecule has 0 aliphatic carbocycles. The van der Waals surface area contributed by atoms with Crippen molar-refractivity contribution in [3.63, 3.8) is 0 Å². The van der Waals surface area contributed by atoms with Crippen LogP contribution in [-0.2, 0) is 0 Å². The van der Waals surface area contributed by atoms with E-state index in [1.807, 2.05) is 0 Å². The number of unbranched alkanes of at least 4 members (excludes halogenated alkanes) is 2. The van der Waals surface area contributed by atoms with E-state index in [1.165, 1.54) is 0 Å². The molecule has 0 spiro atoms. The van der Waals surface area contributed by atoms with Crippen molar-refractivity contribution < 1.29 is 14.3 Å². The van der Waals surface area contributed by atoms with Crippen LogP contribution in [0.25, 0.3) is 0 Å². The Morgan fingerprint density at radius 1 is 1.24 bits per heavy atom. The molecule has 0 atom stereocenters. The second kappa shape index (κ2) is 9.27. The highest BCUT2D eigenvalue weighted by molar-refractivity contribution is 5.94. The molecular formula is C17H27NO3. The highest BCUT2D eigenvalue weighted by Crippen LogP contribution is 2.28. The van der Waals surface area contributed by atoms with Gasteiger partial charge in [0.05, 0.1) is 13.7 Å². The molecule has 4 heteroatoms. The van der Waals surface area contributed by atoms with Crippen LogP contribution in [0, 0.1) is 5.92 Å². The van der Waals surface area contributed by atoms with Gasteiger partial charge < -0.3 is 14.8 Å². The van der Waals surface area contributed by atoms with Crippen molar-refractivity contribution in [2.24, 2.45) is 5.92 Å². The lowest BCUT2D eigenvalue weighted by Gasteiger charge is -2.13. The van der Waals surface area contributed by atoms with Crippen molar-refractivity contribution >= 4 is 5.91 Å². The van der Waals surface area contributed by atoms with Crippen molar-refractivity contribution in [2.45, 2.75) is 40.0 Å². The largest absolute Gasteiger partial charge is 0.493 e. The number of hydrogen-bond donors (Lipinski definition) is 1. The average Bonchev–Trinajstić information content (AvgIpc) is 2.49. The van der Waals surface area contributed by atoms with Gasteiger partial charge in [-0.25, -0.2) is 0 Å². The molecule has 0 aliphatic rings. The van der Waals surface area contributed by atoms with Crippen LogP contribution in [0.5, 0.6) is 11.5 Å². The molecule has 1 aromatic rings. The Kier molecular flexibility index (Phi) is 7.65. The smallest absolute Gasteiger partial charge is 0.251 e. The van der Waals surface area contributed by atoms with Gasteiger partial charge in [-0.2, -0.15) is 0 Å². The summed E-state index contributed by atoms with van der Waals surface area (Å²) in [4.78, 5) is 12.0. The number of hydrogen-bond acceptors (Lipinski definition) is 3. The average molecular weight is 293 g/mol. The molecule has 1 N–H and O–H groups in total. The maximum absolute atomic E-state index is 12.0. The Bertz CT molecular complexity index is 444. The monoisotopic (exact) mass is 293 g/mol. The lowest BCUT2D eigenvalue weighted by molar-refractivity contribution is 0.0952. The maximum atomic E-state index is 12.0. The van der Waals surface area contributed by atoms with E-state index in [0.29, 0.717) is 36.1 Å². The molecule has 0 radical (unpaired) electrons. The summed E-state index contributed by atoms with van der Waals surface area (Å²) in [5, 5.41) is 2.92. The first kappa shape index (κ1) is 17.3. The highest BCUT2D eigenvalue weighted by atomic mass is 16.5. The van der Waals surface area contributed by atoms with Crippen molar-refractivity contribution in [3.05, 3.63) is 23.8 Å². The van der Waals surface area contributed by atoms with Crippen LogP contribution >= 0.6 is 0 Å². The zero-order valence-electron chi connectivity index (χ0n) is 13.6. The number of benzene rings is 1. The zero-order valence-corrected chi connectivity index (χ0v) is 13.6. The van der Waals surface area contributed by atoms with Gasteiger partial charge in [0.25, 0.3) is 5.91 Å². The van der Waals surface area contributed by atoms with Gasteiger partial charge in [0.2, 0.25) is 0 Å². The minimum atomic E-state index is -0.0696. The van der Waals surface area contributed by atoms with Gasteiger partial charge in [-0.3, -0.25) is 4.79 Å². The van der Waals surface area contributed by atoms with Crippen LogP contribution in [0.3, 0.4) is 0 Å². The first-order valence-electron chi connectivity index (χ1n) is 7.67. The fourth-order valence-electron chi connectivity index (χ4n) is 1.86. The van der Waals surface area contributed by atoms with Crippen molar-refractivity contribution in [2.75, 3.05) is 20.3 Å². The third kappa shape index (κ3) is 6.06. The summed E-state index contributed by atoms with van der Waals surface area (Å²) >= 11 is 0. The minimum absolute atomic E-state index is 0.0696. The van der Waals surface area contributed by atoms with E-state index in [9.17, 15) is 4.79 Å². The number of methoxy groups -OCH3 is 1. The molecule has 118 valence electrons. The molecule has 0 saturated carbocycles. The predicted molar refractivity (Wildman–Crippen MR) is 85.2 cm³/mol. The van der Waals surface area contributed by atoms with Crippen LogP contribution in [-0.4, -0.2) is 26.2 Å². The van der Waals surface area contributed by atoms with E-state index in [4.69, 9.17) is 9.47 Å². The Labute approximate surface area is 127 Å². The molecule has 21 heavy (non-hydrogen) atoms. The van der Waals surface area contributed by atoms with E-state index < -0.39 is 0 Å². The van der Waals surface area contributed by atoms with E-state index in [0.717, 1.165) is 19.3 Å². The molecule has 0 aliphatic heterocycles. The van der Waals surface area contributed by atoms with E-state index in [1.54, 1.807) is 25.3 Å². The van der Waals surface area contributed by atoms with E-state index in [-0.39, 0.29) is 5.91 Å². The van der Waals surface area contributed by atoms with Gasteiger partial charge in [0.1, 0.15) is 0 Å². The van der Waals surface area contributed by atoms with Crippen LogP contribution in [0.15, 0.2) is 18.2 Å². The fourth-order valence-corrected chi connectivity index (χ4v) is 1.86. The van der Waals surface area contributed by atoms with Crippen LogP contribution in [0.2, 0.25) is 0 Å². The first-order chi connectivity index (χ1) is 10.1. The summed E-state index contributed by atoms with van der Waals surface area (Å²) in [7, 11) is 1.58. The Balaban J connectivity index is 2.65. The van der Waals surface area contributed by atoms with Gasteiger partial charge in [-0.05, 0) is 30.5 Å². The zero-order chi connectivity index (χ0) is 15.7. The fraction of sp³-hybridized carbons (Fsp3) is 0.588. The molecule has 0 saturated heterocycles. The lowest BCUT2D eigenvalue weighted by Crippen LogP contribution is -2.24. The maximum Gasteiger partial charge on any atom is 0.251 e. The molecule has 4 nitrogen and oxygen atoms in total. The predicted octanol–water partition coefficient (Wildman–Crippen LogP) is 3.65. The van der Waals surface area contributed by atoms with Crippen molar-refractivity contribution in [1.29, 1.82) is 0 Å². The summed E-state index contributed by atoms with van der Waals surface area (Å²) in [5.41, 5.74) is 0.597. The van der Waals surface area contributed by atoms with Gasteiger partial charge >= 0.3 is 0 Å². The summed E-state index contributed by atoms with van der Waals surface area (Å²) < 4.78 is 11.0. The molecular weight excluding hydrogens is 266 g/mol. The number of rotatable bonds is 9. The second-order valence-corrected chi connectivity index (χ2v) is 5.53. The van der Waals surface area contributed by atoms with Crippen LogP contribution in [0.1, 0.15) is 50.4 Å². The lowest BCUT2D eigenvalue weighted by atomic mass is 10.1. The molecule has 0 bridgehead atoms. The van der Waals surface area contributed by atoms with Gasteiger partial charge in [-0.15, -0.1) is 0 Å². The molecule has 0 fully saturated rings. The van der Waals surface area contributed by atoms with E-state index in [2.05, 4.69) is 26.1 Å². The number of carbonyl (C=O) groups excluding carboxylic acids is 1. The highest BCUT2D eigenvalue weighted by Gasteiger charge is 2.11. The number of amides is 1. The Hall–Kier alpha value is -1.71. The summed E-state index contributed by atoms with van der Waals surface area (Å²) in [6, 6.07) is 5.29. The summed E-state index contributed by atoms with van der Waals surface area (Å²) in [6.07, 6.45) is 3.28. The number of carbonyl (C=O) groups is 1. The van der Waals surface area contributed by atoms with Crippen LogP contribution < -0.4 is 14.8 Å². The van der Waals surface area contributed by atoms with Gasteiger partial charge in [0.15, 0.2) is 11.5 Å². The summed E-state index contributed by atoms with van der Waals surface area (Å²) in [5.74, 6) is 1.64. The second-order valence-electron chi connectivity index (χ2n) is 5.53. The molecule has 0 aromatic heterocycles. The molecule has 1 aromatic carbocycles. The number of nitrogens with one attached hydrogen (secondary N) is 1. The first-order valence-corrected chi connectivity index (χ1v) is 7.67. The van der Waals surface area contributed by atoms with Gasteiger partial charge in [-0.1, -0.05) is 33.6 Å². The van der Waals surface area contributed by atoms with Gasteiger partial charge in [0, 0.05) is 12.1 Å². The third-order valence-electron chi connectivity index (χ3n) is 3.06. The quantitative estimate of drug-likeness (QED) is 0.707. The SMILES string of the molecule is CCCCCNC(=O)c1ccc(OCC(C)C)c(OC)c1.